The van der Waals surface area contributed by atoms with E-state index in [9.17, 15) is 19.7 Å². The highest BCUT2D eigenvalue weighted by Crippen LogP contribution is 2.33. The lowest BCUT2D eigenvalue weighted by molar-refractivity contribution is -0.385. The number of nitro benzene ring substituents is 1. The summed E-state index contributed by atoms with van der Waals surface area (Å²) in [5.41, 5.74) is 2.86. The number of carbonyl (C=O) groups excluding carboxylic acids is 1. The number of carbonyl (C=O) groups is 1. The first-order valence-electron chi connectivity index (χ1n) is 10.9. The van der Waals surface area contributed by atoms with Gasteiger partial charge in [-0.2, -0.15) is 0 Å². The van der Waals surface area contributed by atoms with Crippen molar-refractivity contribution in [3.8, 4) is 0 Å². The smallest absolute Gasteiger partial charge is 0.338 e. The van der Waals surface area contributed by atoms with Gasteiger partial charge < -0.3 is 4.74 Å². The van der Waals surface area contributed by atoms with Crippen LogP contribution in [0.5, 0.6) is 0 Å². The van der Waals surface area contributed by atoms with E-state index in [-0.39, 0.29) is 23.4 Å². The summed E-state index contributed by atoms with van der Waals surface area (Å²) in [5.74, 6) is -0.618. The van der Waals surface area contributed by atoms with Crippen LogP contribution in [0.15, 0.2) is 60.3 Å². The van der Waals surface area contributed by atoms with Crippen LogP contribution in [0.25, 0.3) is 6.08 Å². The monoisotopic (exact) mass is 633 g/mol. The van der Waals surface area contributed by atoms with E-state index < -0.39 is 16.9 Å². The van der Waals surface area contributed by atoms with E-state index in [4.69, 9.17) is 4.74 Å². The van der Waals surface area contributed by atoms with E-state index in [1.807, 2.05) is 19.1 Å². The molecule has 0 unspecified atom stereocenters. The van der Waals surface area contributed by atoms with Crippen LogP contribution in [0.2, 0.25) is 0 Å². The van der Waals surface area contributed by atoms with E-state index >= 15 is 0 Å². The maximum absolute atomic E-state index is 13.7. The minimum Gasteiger partial charge on any atom is -0.463 e. The molecule has 186 valence electrons. The van der Waals surface area contributed by atoms with E-state index in [0.29, 0.717) is 26.2 Å². The second kappa shape index (κ2) is 10.2. The molecule has 0 bridgehead atoms. The summed E-state index contributed by atoms with van der Waals surface area (Å²) in [6.07, 6.45) is 1.76. The first kappa shape index (κ1) is 26.2. The fourth-order valence-electron chi connectivity index (χ4n) is 4.00. The Morgan fingerprint density at radius 2 is 1.89 bits per heavy atom. The quantitative estimate of drug-likeness (QED) is 0.227. The molecule has 2 heterocycles. The summed E-state index contributed by atoms with van der Waals surface area (Å²) in [6, 6.07) is 7.61. The Kier molecular flexibility index (Phi) is 7.44. The number of thiazole rings is 1. The predicted molar refractivity (Wildman–Crippen MR) is 145 cm³/mol. The van der Waals surface area contributed by atoms with Gasteiger partial charge in [0.05, 0.1) is 33.4 Å². The van der Waals surface area contributed by atoms with Crippen LogP contribution in [0.4, 0.5) is 5.69 Å². The molecule has 3 aromatic rings. The van der Waals surface area contributed by atoms with Gasteiger partial charge in [0.1, 0.15) is 0 Å². The number of hydrogen-bond acceptors (Lipinski definition) is 7. The topological polar surface area (TPSA) is 104 Å². The van der Waals surface area contributed by atoms with Gasteiger partial charge in [0.25, 0.3) is 11.2 Å². The highest BCUT2D eigenvalue weighted by atomic mass is 79.9. The molecule has 2 aromatic carbocycles. The first-order chi connectivity index (χ1) is 17.0. The molecule has 0 amide bonds. The fourth-order valence-corrected chi connectivity index (χ4v) is 6.27. The average molecular weight is 635 g/mol. The molecule has 11 heteroatoms. The summed E-state index contributed by atoms with van der Waals surface area (Å²) in [7, 11) is 0. The molecule has 1 atom stereocenters. The van der Waals surface area contributed by atoms with Crippen molar-refractivity contribution in [1.29, 1.82) is 0 Å². The SMILES string of the molecule is CCOC(=O)C1=C(C)N=c2s/c(=C/c3cc(Br)c(C)c(Br)c3)c(=O)n2[C@@H]1c1ccc(C)c([N+](=O)[O-])c1. The third kappa shape index (κ3) is 4.74. The zero-order valence-corrected chi connectivity index (χ0v) is 23.8. The van der Waals surface area contributed by atoms with Crippen LogP contribution in [0.1, 0.15) is 42.1 Å². The summed E-state index contributed by atoms with van der Waals surface area (Å²) in [5, 5.41) is 11.6. The van der Waals surface area contributed by atoms with Gasteiger partial charge in [-0.3, -0.25) is 19.5 Å². The normalized spacial score (nSPS) is 15.5. The number of nitrogens with zero attached hydrogens (tertiary/aromatic N) is 3. The van der Waals surface area contributed by atoms with E-state index in [2.05, 4.69) is 36.9 Å². The van der Waals surface area contributed by atoms with Crippen LogP contribution in [0.3, 0.4) is 0 Å². The van der Waals surface area contributed by atoms with Gasteiger partial charge in [-0.25, -0.2) is 9.79 Å². The summed E-state index contributed by atoms with van der Waals surface area (Å²) in [6.45, 7) is 7.10. The van der Waals surface area contributed by atoms with E-state index in [0.717, 1.165) is 20.1 Å². The molecule has 0 fully saturated rings. The van der Waals surface area contributed by atoms with Gasteiger partial charge in [-0.05, 0) is 62.6 Å². The molecule has 0 radical (unpaired) electrons. The van der Waals surface area contributed by atoms with Crippen molar-refractivity contribution >= 4 is 60.9 Å². The van der Waals surface area contributed by atoms with E-state index in [1.165, 1.54) is 22.0 Å². The van der Waals surface area contributed by atoms with Crippen molar-refractivity contribution in [1.82, 2.24) is 4.57 Å². The molecule has 0 aliphatic carbocycles. The van der Waals surface area contributed by atoms with Gasteiger partial charge in [0, 0.05) is 20.6 Å². The van der Waals surface area contributed by atoms with Crippen LogP contribution in [-0.4, -0.2) is 22.1 Å². The number of fused-ring (bicyclic) bond motifs is 1. The second-order valence-electron chi connectivity index (χ2n) is 8.21. The minimum atomic E-state index is -0.918. The number of esters is 1. The molecular weight excluding hydrogens is 614 g/mol. The van der Waals surface area contributed by atoms with Crippen LogP contribution < -0.4 is 14.9 Å². The molecule has 1 aliphatic rings. The lowest BCUT2D eigenvalue weighted by atomic mass is 9.94. The van der Waals surface area contributed by atoms with Crippen molar-refractivity contribution in [3.63, 3.8) is 0 Å². The van der Waals surface area contributed by atoms with Gasteiger partial charge in [0.15, 0.2) is 4.80 Å². The fraction of sp³-hybridized carbons (Fsp3) is 0.240. The van der Waals surface area contributed by atoms with Crippen molar-refractivity contribution < 1.29 is 14.5 Å². The van der Waals surface area contributed by atoms with Crippen LogP contribution >= 0.6 is 43.2 Å². The number of ether oxygens (including phenoxy) is 1. The molecule has 1 aliphatic heterocycles. The van der Waals surface area contributed by atoms with Crippen molar-refractivity contribution in [2.75, 3.05) is 6.61 Å². The summed E-state index contributed by atoms with van der Waals surface area (Å²) in [4.78, 5) is 42.8. The van der Waals surface area contributed by atoms with Gasteiger partial charge in [-0.1, -0.05) is 55.3 Å². The Bertz CT molecular complexity index is 1610. The molecule has 4 rings (SSSR count). The molecule has 0 saturated heterocycles. The zero-order valence-electron chi connectivity index (χ0n) is 19.8. The highest BCUT2D eigenvalue weighted by molar-refractivity contribution is 9.11. The molecular formula is C25H21Br2N3O5S. The number of rotatable bonds is 5. The summed E-state index contributed by atoms with van der Waals surface area (Å²) >= 11 is 8.26. The Morgan fingerprint density at radius 3 is 2.50 bits per heavy atom. The number of halogens is 2. The Balaban J connectivity index is 2.00. The average Bonchev–Trinajstić information content (AvgIpc) is 3.11. The zero-order chi connectivity index (χ0) is 26.3. The molecule has 0 saturated carbocycles. The van der Waals surface area contributed by atoms with Crippen LogP contribution in [-0.2, 0) is 9.53 Å². The lowest BCUT2D eigenvalue weighted by Gasteiger charge is -2.24. The maximum Gasteiger partial charge on any atom is 0.338 e. The molecule has 8 nitrogen and oxygen atoms in total. The number of aryl methyl sites for hydroxylation is 1. The number of aromatic nitrogens is 1. The van der Waals surface area contributed by atoms with Crippen molar-refractivity contribution in [2.45, 2.75) is 33.7 Å². The largest absolute Gasteiger partial charge is 0.463 e. The summed E-state index contributed by atoms with van der Waals surface area (Å²) < 4.78 is 8.90. The molecule has 0 N–H and O–H groups in total. The number of hydrogen-bond donors (Lipinski definition) is 0. The minimum absolute atomic E-state index is 0.0955. The first-order valence-corrected chi connectivity index (χ1v) is 13.3. The molecule has 36 heavy (non-hydrogen) atoms. The lowest BCUT2D eigenvalue weighted by Crippen LogP contribution is -2.40. The van der Waals surface area contributed by atoms with E-state index in [1.54, 1.807) is 39.0 Å². The maximum atomic E-state index is 13.7. The second-order valence-corrected chi connectivity index (χ2v) is 10.9. The Labute approximate surface area is 227 Å². The number of allylic oxidation sites excluding steroid dienone is 1. The highest BCUT2D eigenvalue weighted by Gasteiger charge is 2.34. The van der Waals surface area contributed by atoms with Crippen molar-refractivity contribution in [2.24, 2.45) is 4.99 Å². The standard InChI is InChI=1S/C25H21Br2N3O5S/c1-5-35-24(32)21-14(4)28-25-29(22(21)16-7-6-12(2)19(11-16)30(33)34)23(31)20(36-25)10-15-8-17(26)13(3)18(27)9-15/h6-11,22H,5H2,1-4H3/b20-10+/t22-/m1/s1. The van der Waals surface area contributed by atoms with Crippen molar-refractivity contribution in [3.05, 3.63) is 103 Å². The van der Waals surface area contributed by atoms with Gasteiger partial charge >= 0.3 is 5.97 Å². The Hall–Kier alpha value is -2.89. The Morgan fingerprint density at radius 1 is 1.22 bits per heavy atom. The van der Waals surface area contributed by atoms with Gasteiger partial charge in [0.2, 0.25) is 0 Å². The molecule has 1 aromatic heterocycles. The van der Waals surface area contributed by atoms with Crippen LogP contribution in [0, 0.1) is 24.0 Å². The van der Waals surface area contributed by atoms with Gasteiger partial charge in [-0.15, -0.1) is 0 Å². The third-order valence-electron chi connectivity index (χ3n) is 5.86. The third-order valence-corrected chi connectivity index (χ3v) is 8.49. The number of nitro groups is 1. The molecule has 0 spiro atoms. The number of benzene rings is 2. The predicted octanol–water partition coefficient (Wildman–Crippen LogP) is 4.85.